The lowest BCUT2D eigenvalue weighted by Gasteiger charge is -2.23. The maximum Gasteiger partial charge on any atom is 0.254 e. The highest BCUT2D eigenvalue weighted by molar-refractivity contribution is 5.95. The Morgan fingerprint density at radius 1 is 1.72 bits per heavy atom. The molecular weight excluding hydrogens is 234 g/mol. The zero-order valence-corrected chi connectivity index (χ0v) is 10.3. The molecule has 1 aliphatic heterocycles. The van der Waals surface area contributed by atoms with Crippen molar-refractivity contribution in [2.45, 2.75) is 13.0 Å². The fraction of sp³-hybridized carbons (Fsp3) is 0.500. The lowest BCUT2D eigenvalue weighted by atomic mass is 10.2. The monoisotopic (exact) mass is 251 g/mol. The molecule has 0 radical (unpaired) electrons. The lowest BCUT2D eigenvalue weighted by molar-refractivity contribution is -0.128. The van der Waals surface area contributed by atoms with E-state index >= 15 is 0 Å². The number of nitrogens with one attached hydrogen (secondary N) is 2. The van der Waals surface area contributed by atoms with Crippen LogP contribution in [0, 0.1) is 0 Å². The van der Waals surface area contributed by atoms with Gasteiger partial charge in [-0.05, 0) is 19.1 Å². The number of amides is 1. The van der Waals surface area contributed by atoms with Crippen molar-refractivity contribution in [3.8, 4) is 5.88 Å². The SMILES string of the molecule is CCOc1ncccc1NC(=O)C1CNCCO1. The van der Waals surface area contributed by atoms with Gasteiger partial charge in [0.1, 0.15) is 11.8 Å². The Morgan fingerprint density at radius 2 is 2.61 bits per heavy atom. The quantitative estimate of drug-likeness (QED) is 0.810. The van der Waals surface area contributed by atoms with Crippen molar-refractivity contribution in [2.75, 3.05) is 31.6 Å². The number of anilines is 1. The first kappa shape index (κ1) is 12.8. The minimum atomic E-state index is -0.464. The normalized spacial score (nSPS) is 19.3. The standard InChI is InChI=1S/C12H17N3O3/c1-2-17-12-9(4-3-5-14-12)15-11(16)10-8-13-6-7-18-10/h3-5,10,13H,2,6-8H2,1H3,(H,15,16). The van der Waals surface area contributed by atoms with Gasteiger partial charge in [-0.1, -0.05) is 0 Å². The van der Waals surface area contributed by atoms with Crippen molar-refractivity contribution in [3.63, 3.8) is 0 Å². The molecule has 0 spiro atoms. The van der Waals surface area contributed by atoms with Gasteiger partial charge in [-0.15, -0.1) is 0 Å². The summed E-state index contributed by atoms with van der Waals surface area (Å²) in [5, 5.41) is 5.88. The fourth-order valence-corrected chi connectivity index (χ4v) is 1.68. The highest BCUT2D eigenvalue weighted by Gasteiger charge is 2.22. The summed E-state index contributed by atoms with van der Waals surface area (Å²) < 4.78 is 10.7. The Balaban J connectivity index is 2.01. The molecule has 0 aliphatic carbocycles. The number of aromatic nitrogens is 1. The van der Waals surface area contributed by atoms with Gasteiger partial charge in [-0.25, -0.2) is 4.98 Å². The first-order valence-electron chi connectivity index (χ1n) is 6.02. The number of carbonyl (C=O) groups is 1. The van der Waals surface area contributed by atoms with Gasteiger partial charge < -0.3 is 20.1 Å². The van der Waals surface area contributed by atoms with E-state index in [2.05, 4.69) is 15.6 Å². The third kappa shape index (κ3) is 3.18. The van der Waals surface area contributed by atoms with Crippen LogP contribution in [0.5, 0.6) is 5.88 Å². The molecule has 1 saturated heterocycles. The van der Waals surface area contributed by atoms with Crippen LogP contribution < -0.4 is 15.4 Å². The first-order chi connectivity index (χ1) is 8.81. The summed E-state index contributed by atoms with van der Waals surface area (Å²) in [5.41, 5.74) is 0.568. The van der Waals surface area contributed by atoms with Crippen molar-refractivity contribution in [1.82, 2.24) is 10.3 Å². The molecule has 2 rings (SSSR count). The molecule has 1 aromatic rings. The van der Waals surface area contributed by atoms with E-state index in [-0.39, 0.29) is 5.91 Å². The molecule has 0 aromatic carbocycles. The van der Waals surface area contributed by atoms with E-state index in [1.54, 1.807) is 18.3 Å². The molecule has 1 atom stereocenters. The highest BCUT2D eigenvalue weighted by atomic mass is 16.5. The summed E-state index contributed by atoms with van der Waals surface area (Å²) in [4.78, 5) is 16.0. The van der Waals surface area contributed by atoms with Gasteiger partial charge in [0.15, 0.2) is 0 Å². The number of hydrogen-bond acceptors (Lipinski definition) is 5. The Hall–Kier alpha value is -1.66. The Labute approximate surface area is 106 Å². The Morgan fingerprint density at radius 3 is 3.33 bits per heavy atom. The first-order valence-corrected chi connectivity index (χ1v) is 6.02. The Bertz CT molecular complexity index is 405. The van der Waals surface area contributed by atoms with E-state index in [0.29, 0.717) is 31.3 Å². The number of nitrogens with zero attached hydrogens (tertiary/aromatic N) is 1. The average molecular weight is 251 g/mol. The number of ether oxygens (including phenoxy) is 2. The molecule has 2 N–H and O–H groups in total. The van der Waals surface area contributed by atoms with Crippen LogP contribution in [0.4, 0.5) is 5.69 Å². The topological polar surface area (TPSA) is 72.5 Å². The smallest absolute Gasteiger partial charge is 0.254 e. The van der Waals surface area contributed by atoms with Crippen LogP contribution in [0.1, 0.15) is 6.92 Å². The molecule has 6 nitrogen and oxygen atoms in total. The predicted molar refractivity (Wildman–Crippen MR) is 66.6 cm³/mol. The molecule has 1 amide bonds. The molecule has 6 heteroatoms. The van der Waals surface area contributed by atoms with Crippen molar-refractivity contribution in [1.29, 1.82) is 0 Å². The van der Waals surface area contributed by atoms with Gasteiger partial charge >= 0.3 is 0 Å². The van der Waals surface area contributed by atoms with Crippen LogP contribution in [-0.2, 0) is 9.53 Å². The van der Waals surface area contributed by atoms with Crippen molar-refractivity contribution in [2.24, 2.45) is 0 Å². The molecule has 18 heavy (non-hydrogen) atoms. The van der Waals surface area contributed by atoms with E-state index in [0.717, 1.165) is 6.54 Å². The predicted octanol–water partition coefficient (Wildman–Crippen LogP) is 0.407. The van der Waals surface area contributed by atoms with Gasteiger partial charge in [-0.2, -0.15) is 0 Å². The number of pyridine rings is 1. The zero-order valence-electron chi connectivity index (χ0n) is 10.3. The lowest BCUT2D eigenvalue weighted by Crippen LogP contribution is -2.45. The molecule has 0 saturated carbocycles. The summed E-state index contributed by atoms with van der Waals surface area (Å²) in [6.07, 6.45) is 1.16. The summed E-state index contributed by atoms with van der Waals surface area (Å²) in [5.74, 6) is 0.244. The summed E-state index contributed by atoms with van der Waals surface area (Å²) in [6, 6.07) is 3.50. The molecule has 2 heterocycles. The van der Waals surface area contributed by atoms with E-state index in [9.17, 15) is 4.79 Å². The number of morpholine rings is 1. The maximum absolute atomic E-state index is 12.0. The van der Waals surface area contributed by atoms with E-state index in [1.807, 2.05) is 6.92 Å². The van der Waals surface area contributed by atoms with Crippen molar-refractivity contribution in [3.05, 3.63) is 18.3 Å². The minimum absolute atomic E-state index is 0.184. The molecule has 98 valence electrons. The molecule has 1 fully saturated rings. The number of carbonyl (C=O) groups excluding carboxylic acids is 1. The molecule has 1 aliphatic rings. The van der Waals surface area contributed by atoms with Crippen molar-refractivity contribution >= 4 is 11.6 Å². The number of hydrogen-bond donors (Lipinski definition) is 2. The zero-order chi connectivity index (χ0) is 12.8. The van der Waals surface area contributed by atoms with E-state index < -0.39 is 6.10 Å². The van der Waals surface area contributed by atoms with Crippen LogP contribution in [0.2, 0.25) is 0 Å². The average Bonchev–Trinajstić information content (AvgIpc) is 2.42. The second kappa shape index (κ2) is 6.32. The molecule has 1 unspecified atom stereocenters. The third-order valence-corrected chi connectivity index (χ3v) is 2.53. The van der Waals surface area contributed by atoms with Crippen LogP contribution in [0.15, 0.2) is 18.3 Å². The van der Waals surface area contributed by atoms with Crippen LogP contribution in [0.3, 0.4) is 0 Å². The van der Waals surface area contributed by atoms with Gasteiger partial charge in [0.2, 0.25) is 5.88 Å². The minimum Gasteiger partial charge on any atom is -0.476 e. The van der Waals surface area contributed by atoms with Gasteiger partial charge in [-0.3, -0.25) is 4.79 Å². The number of rotatable bonds is 4. The third-order valence-electron chi connectivity index (χ3n) is 2.53. The van der Waals surface area contributed by atoms with Crippen LogP contribution >= 0.6 is 0 Å². The van der Waals surface area contributed by atoms with Crippen molar-refractivity contribution < 1.29 is 14.3 Å². The molecule has 0 bridgehead atoms. The highest BCUT2D eigenvalue weighted by Crippen LogP contribution is 2.20. The molecule has 1 aromatic heterocycles. The second-order valence-corrected chi connectivity index (χ2v) is 3.84. The summed E-state index contributed by atoms with van der Waals surface area (Å²) in [7, 11) is 0. The van der Waals surface area contributed by atoms with E-state index in [1.165, 1.54) is 0 Å². The summed E-state index contributed by atoms with van der Waals surface area (Å²) >= 11 is 0. The van der Waals surface area contributed by atoms with Crippen LogP contribution in [-0.4, -0.2) is 43.3 Å². The van der Waals surface area contributed by atoms with Gasteiger partial charge in [0, 0.05) is 19.3 Å². The van der Waals surface area contributed by atoms with Crippen LogP contribution in [0.25, 0.3) is 0 Å². The maximum atomic E-state index is 12.0. The fourth-order valence-electron chi connectivity index (χ4n) is 1.68. The summed E-state index contributed by atoms with van der Waals surface area (Å²) in [6.45, 7) is 4.22. The largest absolute Gasteiger partial charge is 0.476 e. The molecular formula is C12H17N3O3. The second-order valence-electron chi connectivity index (χ2n) is 3.84. The van der Waals surface area contributed by atoms with Gasteiger partial charge in [0.25, 0.3) is 5.91 Å². The Kier molecular flexibility index (Phi) is 4.49. The van der Waals surface area contributed by atoms with Gasteiger partial charge in [0.05, 0.1) is 13.2 Å². The van der Waals surface area contributed by atoms with E-state index in [4.69, 9.17) is 9.47 Å².